The monoisotopic (exact) mass is 395 g/mol. The Morgan fingerprint density at radius 1 is 1.22 bits per heavy atom. The minimum atomic E-state index is -0.996. The molecule has 0 atom stereocenters. The third-order valence-electron chi connectivity index (χ3n) is 4.39. The fourth-order valence-corrected chi connectivity index (χ4v) is 3.70. The number of thioether (sulfide) groups is 1. The van der Waals surface area contributed by atoms with E-state index in [2.05, 4.69) is 25.0 Å². The van der Waals surface area contributed by atoms with Crippen molar-refractivity contribution in [1.82, 2.24) is 14.8 Å². The van der Waals surface area contributed by atoms with E-state index in [9.17, 15) is 13.6 Å². The van der Waals surface area contributed by atoms with Crippen molar-refractivity contribution in [1.29, 1.82) is 0 Å². The molecule has 10 heteroatoms. The summed E-state index contributed by atoms with van der Waals surface area (Å²) in [6, 6.07) is 3.64. The minimum Gasteiger partial charge on any atom is -0.378 e. The van der Waals surface area contributed by atoms with Gasteiger partial charge in [0.25, 0.3) is 0 Å². The SMILES string of the molecule is O=C(CSc1nnc(N2CCOCC2)n1C1CC1)Nc1ccc(F)c(F)c1. The summed E-state index contributed by atoms with van der Waals surface area (Å²) in [4.78, 5) is 14.3. The zero-order valence-electron chi connectivity index (χ0n) is 14.5. The molecular formula is C17H19F2N5O2S. The first-order valence-electron chi connectivity index (χ1n) is 8.77. The molecule has 2 aliphatic rings. The average Bonchev–Trinajstić information content (AvgIpc) is 3.43. The van der Waals surface area contributed by atoms with Gasteiger partial charge in [0.05, 0.1) is 19.0 Å². The molecule has 1 saturated heterocycles. The Labute approximate surface area is 159 Å². The highest BCUT2D eigenvalue weighted by molar-refractivity contribution is 7.99. The number of nitrogens with one attached hydrogen (secondary N) is 1. The van der Waals surface area contributed by atoms with Crippen molar-refractivity contribution in [2.45, 2.75) is 24.0 Å². The summed E-state index contributed by atoms with van der Waals surface area (Å²) in [7, 11) is 0. The van der Waals surface area contributed by atoms with Crippen LogP contribution in [0.3, 0.4) is 0 Å². The normalized spacial score (nSPS) is 17.2. The van der Waals surface area contributed by atoms with Gasteiger partial charge in [0.1, 0.15) is 0 Å². The molecule has 1 aliphatic carbocycles. The van der Waals surface area contributed by atoms with Gasteiger partial charge in [0.15, 0.2) is 16.8 Å². The van der Waals surface area contributed by atoms with Crippen LogP contribution in [0.5, 0.6) is 0 Å². The lowest BCUT2D eigenvalue weighted by Gasteiger charge is -2.27. The van der Waals surface area contributed by atoms with E-state index < -0.39 is 11.6 Å². The summed E-state index contributed by atoms with van der Waals surface area (Å²) >= 11 is 1.29. The van der Waals surface area contributed by atoms with Crippen LogP contribution in [0.25, 0.3) is 0 Å². The van der Waals surface area contributed by atoms with E-state index in [1.165, 1.54) is 17.8 Å². The van der Waals surface area contributed by atoms with Crippen LogP contribution in [0, 0.1) is 11.6 Å². The van der Waals surface area contributed by atoms with Gasteiger partial charge in [-0.1, -0.05) is 11.8 Å². The van der Waals surface area contributed by atoms with Gasteiger partial charge in [0, 0.05) is 30.9 Å². The number of nitrogens with zero attached hydrogens (tertiary/aromatic N) is 4. The number of benzene rings is 1. The quantitative estimate of drug-likeness (QED) is 0.758. The third kappa shape index (κ3) is 4.22. The van der Waals surface area contributed by atoms with Gasteiger partial charge in [-0.2, -0.15) is 0 Å². The number of hydrogen-bond acceptors (Lipinski definition) is 6. The number of ether oxygens (including phenoxy) is 1. The smallest absolute Gasteiger partial charge is 0.234 e. The molecule has 1 aromatic heterocycles. The topological polar surface area (TPSA) is 72.3 Å². The molecule has 0 spiro atoms. The number of rotatable bonds is 6. The van der Waals surface area contributed by atoms with Gasteiger partial charge in [-0.05, 0) is 25.0 Å². The van der Waals surface area contributed by atoms with Crippen molar-refractivity contribution < 1.29 is 18.3 Å². The van der Waals surface area contributed by atoms with Crippen LogP contribution in [0.1, 0.15) is 18.9 Å². The maximum atomic E-state index is 13.2. The summed E-state index contributed by atoms with van der Waals surface area (Å²) in [6.45, 7) is 2.87. The van der Waals surface area contributed by atoms with Crippen LogP contribution < -0.4 is 10.2 Å². The number of carbonyl (C=O) groups excluding carboxylic acids is 1. The minimum absolute atomic E-state index is 0.104. The lowest BCUT2D eigenvalue weighted by atomic mass is 10.3. The van der Waals surface area contributed by atoms with Gasteiger partial charge < -0.3 is 15.0 Å². The zero-order chi connectivity index (χ0) is 18.8. The third-order valence-corrected chi connectivity index (χ3v) is 5.33. The molecule has 0 unspecified atom stereocenters. The molecule has 0 radical (unpaired) electrons. The first-order valence-corrected chi connectivity index (χ1v) is 9.75. The summed E-state index contributed by atoms with van der Waals surface area (Å²) in [5.74, 6) is -1.33. The number of morpholine rings is 1. The van der Waals surface area contributed by atoms with Crippen LogP contribution in [0.4, 0.5) is 20.4 Å². The highest BCUT2D eigenvalue weighted by Crippen LogP contribution is 2.41. The Morgan fingerprint density at radius 2 is 2.00 bits per heavy atom. The Hall–Kier alpha value is -2.20. The van der Waals surface area contributed by atoms with Gasteiger partial charge in [0.2, 0.25) is 11.9 Å². The molecule has 2 aromatic rings. The van der Waals surface area contributed by atoms with Crippen LogP contribution in [0.2, 0.25) is 0 Å². The number of carbonyl (C=O) groups is 1. The highest BCUT2D eigenvalue weighted by atomic mass is 32.2. The summed E-state index contributed by atoms with van der Waals surface area (Å²) in [6.07, 6.45) is 2.15. The molecule has 1 saturated carbocycles. The summed E-state index contributed by atoms with van der Waals surface area (Å²) < 4.78 is 33.7. The maximum Gasteiger partial charge on any atom is 0.234 e. The van der Waals surface area contributed by atoms with Crippen molar-refractivity contribution in [2.75, 3.05) is 42.3 Å². The van der Waals surface area contributed by atoms with Crippen molar-refractivity contribution >= 4 is 29.3 Å². The fourth-order valence-electron chi connectivity index (χ4n) is 2.90. The number of amides is 1. The Kier molecular flexibility index (Phi) is 5.26. The Morgan fingerprint density at radius 3 is 2.70 bits per heavy atom. The van der Waals surface area contributed by atoms with E-state index in [4.69, 9.17) is 4.74 Å². The molecule has 1 amide bonds. The predicted molar refractivity (Wildman–Crippen MR) is 97.0 cm³/mol. The molecule has 7 nitrogen and oxygen atoms in total. The molecule has 4 rings (SSSR count). The van der Waals surface area contributed by atoms with E-state index in [0.29, 0.717) is 24.4 Å². The highest BCUT2D eigenvalue weighted by Gasteiger charge is 2.32. The second-order valence-electron chi connectivity index (χ2n) is 6.45. The molecular weight excluding hydrogens is 376 g/mol. The average molecular weight is 395 g/mol. The standard InChI is InChI=1S/C17H19F2N5O2S/c18-13-4-1-11(9-14(13)19)20-15(25)10-27-17-22-21-16(24(17)12-2-3-12)23-5-7-26-8-6-23/h1,4,9,12H,2-3,5-8,10H2,(H,20,25). The van der Waals surface area contributed by atoms with Crippen LogP contribution in [-0.4, -0.2) is 52.7 Å². The van der Waals surface area contributed by atoms with Crippen molar-refractivity contribution in [3.63, 3.8) is 0 Å². The molecule has 2 fully saturated rings. The Balaban J connectivity index is 1.41. The van der Waals surface area contributed by atoms with E-state index in [0.717, 1.165) is 44.0 Å². The van der Waals surface area contributed by atoms with Gasteiger partial charge in [-0.3, -0.25) is 9.36 Å². The van der Waals surface area contributed by atoms with Crippen molar-refractivity contribution in [2.24, 2.45) is 0 Å². The molecule has 0 bridgehead atoms. The molecule has 1 aromatic carbocycles. The van der Waals surface area contributed by atoms with E-state index >= 15 is 0 Å². The van der Waals surface area contributed by atoms with Crippen molar-refractivity contribution in [3.05, 3.63) is 29.8 Å². The molecule has 27 heavy (non-hydrogen) atoms. The first-order chi connectivity index (χ1) is 13.1. The van der Waals surface area contributed by atoms with Crippen LogP contribution in [0.15, 0.2) is 23.4 Å². The second kappa shape index (κ2) is 7.81. The number of halogens is 2. The fraction of sp³-hybridized carbons (Fsp3) is 0.471. The lowest BCUT2D eigenvalue weighted by Crippen LogP contribution is -2.38. The van der Waals surface area contributed by atoms with Crippen LogP contribution >= 0.6 is 11.8 Å². The number of hydrogen-bond donors (Lipinski definition) is 1. The van der Waals surface area contributed by atoms with E-state index in [1.807, 2.05) is 0 Å². The molecule has 1 N–H and O–H groups in total. The summed E-state index contributed by atoms with van der Waals surface area (Å²) in [5, 5.41) is 11.8. The molecule has 2 heterocycles. The molecule has 1 aliphatic heterocycles. The van der Waals surface area contributed by atoms with Gasteiger partial charge in [-0.25, -0.2) is 8.78 Å². The lowest BCUT2D eigenvalue weighted by molar-refractivity contribution is -0.113. The van der Waals surface area contributed by atoms with E-state index in [-0.39, 0.29) is 17.3 Å². The largest absolute Gasteiger partial charge is 0.378 e. The zero-order valence-corrected chi connectivity index (χ0v) is 15.3. The molecule has 144 valence electrons. The predicted octanol–water partition coefficient (Wildman–Crippen LogP) is 2.46. The van der Waals surface area contributed by atoms with Crippen LogP contribution in [-0.2, 0) is 9.53 Å². The van der Waals surface area contributed by atoms with Crippen molar-refractivity contribution in [3.8, 4) is 0 Å². The van der Waals surface area contributed by atoms with E-state index in [1.54, 1.807) is 0 Å². The number of aromatic nitrogens is 3. The second-order valence-corrected chi connectivity index (χ2v) is 7.39. The Bertz CT molecular complexity index is 837. The van der Waals surface area contributed by atoms with Gasteiger partial charge >= 0.3 is 0 Å². The number of anilines is 2. The first kappa shape index (κ1) is 18.2. The maximum absolute atomic E-state index is 13.2. The summed E-state index contributed by atoms with van der Waals surface area (Å²) in [5.41, 5.74) is 0.220. The van der Waals surface area contributed by atoms with Gasteiger partial charge in [-0.15, -0.1) is 10.2 Å².